The van der Waals surface area contributed by atoms with Gasteiger partial charge in [-0.2, -0.15) is 0 Å². The summed E-state index contributed by atoms with van der Waals surface area (Å²) in [7, 11) is 1.60. The molecule has 1 aromatic heterocycles. The number of carbonyl (C=O) groups excluding carboxylic acids is 1. The molecule has 12 heavy (non-hydrogen) atoms. The van der Waals surface area contributed by atoms with Crippen molar-refractivity contribution in [1.82, 2.24) is 20.3 Å². The molecule has 0 spiro atoms. The fourth-order valence-corrected chi connectivity index (χ4v) is 0.764. The summed E-state index contributed by atoms with van der Waals surface area (Å²) >= 11 is 0. The van der Waals surface area contributed by atoms with E-state index < -0.39 is 0 Å². The number of aromatic nitrogens is 3. The summed E-state index contributed by atoms with van der Waals surface area (Å²) in [5.41, 5.74) is 5.32. The minimum absolute atomic E-state index is 0.0240. The Morgan fingerprint density at radius 3 is 3.08 bits per heavy atom. The maximum absolute atomic E-state index is 10.8. The largest absolute Gasteiger partial charge is 0.381 e. The maximum atomic E-state index is 10.8. The van der Waals surface area contributed by atoms with Gasteiger partial charge in [0, 0.05) is 13.5 Å². The molecule has 0 saturated heterocycles. The van der Waals surface area contributed by atoms with E-state index in [0.717, 1.165) is 0 Å². The Bertz CT molecular complexity index is 269. The highest BCUT2D eigenvalue weighted by molar-refractivity contribution is 5.75. The van der Waals surface area contributed by atoms with Gasteiger partial charge < -0.3 is 11.1 Å². The van der Waals surface area contributed by atoms with Crippen molar-refractivity contribution in [1.29, 1.82) is 0 Å². The molecule has 0 atom stereocenters. The number of rotatable bonds is 3. The molecule has 0 saturated carbocycles. The Hall–Kier alpha value is -1.59. The van der Waals surface area contributed by atoms with Gasteiger partial charge in [0.25, 0.3) is 0 Å². The van der Waals surface area contributed by atoms with E-state index in [-0.39, 0.29) is 5.91 Å². The van der Waals surface area contributed by atoms with Crippen molar-refractivity contribution < 1.29 is 4.79 Å². The van der Waals surface area contributed by atoms with Crippen molar-refractivity contribution in [3.05, 3.63) is 6.20 Å². The first kappa shape index (κ1) is 8.51. The molecule has 1 amide bonds. The molecule has 0 bridgehead atoms. The minimum atomic E-state index is -0.0240. The first-order valence-electron chi connectivity index (χ1n) is 3.58. The van der Waals surface area contributed by atoms with Crippen LogP contribution in [0, 0.1) is 0 Å². The number of nitrogen functional groups attached to an aromatic ring is 1. The highest BCUT2D eigenvalue weighted by atomic mass is 16.1. The Morgan fingerprint density at radius 2 is 2.58 bits per heavy atom. The Balaban J connectivity index is 2.38. The monoisotopic (exact) mass is 169 g/mol. The molecule has 3 N–H and O–H groups in total. The summed E-state index contributed by atoms with van der Waals surface area (Å²) in [4.78, 5) is 10.8. The van der Waals surface area contributed by atoms with Crippen LogP contribution in [0.5, 0.6) is 0 Å². The Kier molecular flexibility index (Phi) is 2.62. The number of amides is 1. The number of hydrogen-bond donors (Lipinski definition) is 2. The van der Waals surface area contributed by atoms with E-state index in [1.165, 1.54) is 4.68 Å². The van der Waals surface area contributed by atoms with E-state index in [9.17, 15) is 4.79 Å². The van der Waals surface area contributed by atoms with E-state index >= 15 is 0 Å². The highest BCUT2D eigenvalue weighted by Gasteiger charge is 1.99. The SMILES string of the molecule is CNC(=O)CCn1cc(N)nn1. The average molecular weight is 169 g/mol. The molecule has 1 rings (SSSR count). The topological polar surface area (TPSA) is 85.8 Å². The third-order valence-electron chi connectivity index (χ3n) is 1.40. The molecule has 0 fully saturated rings. The summed E-state index contributed by atoms with van der Waals surface area (Å²) in [6.07, 6.45) is 1.97. The predicted octanol–water partition coefficient (Wildman–Crippen LogP) is -1.00. The van der Waals surface area contributed by atoms with E-state index in [1.807, 2.05) is 0 Å². The molecule has 6 heteroatoms. The lowest BCUT2D eigenvalue weighted by atomic mass is 10.4. The zero-order valence-corrected chi connectivity index (χ0v) is 6.82. The number of nitrogens with two attached hydrogens (primary N) is 1. The van der Waals surface area contributed by atoms with Crippen LogP contribution in [0.3, 0.4) is 0 Å². The minimum Gasteiger partial charge on any atom is -0.381 e. The zero-order valence-electron chi connectivity index (χ0n) is 6.82. The zero-order chi connectivity index (χ0) is 8.97. The second-order valence-electron chi connectivity index (χ2n) is 2.33. The van der Waals surface area contributed by atoms with Crippen LogP contribution < -0.4 is 11.1 Å². The third-order valence-corrected chi connectivity index (χ3v) is 1.40. The van der Waals surface area contributed by atoms with Crippen molar-refractivity contribution in [2.24, 2.45) is 0 Å². The summed E-state index contributed by atoms with van der Waals surface area (Å²) < 4.78 is 1.53. The lowest BCUT2D eigenvalue weighted by Gasteiger charge is -1.98. The van der Waals surface area contributed by atoms with Crippen molar-refractivity contribution in [2.45, 2.75) is 13.0 Å². The normalized spacial score (nSPS) is 9.75. The van der Waals surface area contributed by atoms with Gasteiger partial charge in [-0.3, -0.25) is 4.79 Å². The molecule has 0 unspecified atom stereocenters. The predicted molar refractivity (Wildman–Crippen MR) is 43.1 cm³/mol. The summed E-state index contributed by atoms with van der Waals surface area (Å²) in [5.74, 6) is 0.343. The maximum Gasteiger partial charge on any atom is 0.221 e. The summed E-state index contributed by atoms with van der Waals surface area (Å²) in [5, 5.41) is 9.77. The van der Waals surface area contributed by atoms with Crippen LogP contribution >= 0.6 is 0 Å². The van der Waals surface area contributed by atoms with Gasteiger partial charge in [0.1, 0.15) is 0 Å². The van der Waals surface area contributed by atoms with Crippen LogP contribution in [0.25, 0.3) is 0 Å². The number of carbonyl (C=O) groups is 1. The third kappa shape index (κ3) is 2.22. The average Bonchev–Trinajstić information content (AvgIpc) is 2.47. The van der Waals surface area contributed by atoms with Gasteiger partial charge in [0.05, 0.1) is 12.7 Å². The number of anilines is 1. The molecule has 1 heterocycles. The molecule has 66 valence electrons. The molecular weight excluding hydrogens is 158 g/mol. The van der Waals surface area contributed by atoms with Gasteiger partial charge in [0.15, 0.2) is 5.82 Å². The fourth-order valence-electron chi connectivity index (χ4n) is 0.764. The van der Waals surface area contributed by atoms with Gasteiger partial charge >= 0.3 is 0 Å². The van der Waals surface area contributed by atoms with E-state index in [0.29, 0.717) is 18.8 Å². The van der Waals surface area contributed by atoms with Crippen molar-refractivity contribution in [3.8, 4) is 0 Å². The van der Waals surface area contributed by atoms with Gasteiger partial charge in [-0.05, 0) is 0 Å². The van der Waals surface area contributed by atoms with E-state index in [2.05, 4.69) is 15.6 Å². The van der Waals surface area contributed by atoms with Crippen LogP contribution in [0.4, 0.5) is 5.82 Å². The van der Waals surface area contributed by atoms with E-state index in [4.69, 9.17) is 5.73 Å². The molecule has 0 aliphatic carbocycles. The first-order chi connectivity index (χ1) is 5.72. The Morgan fingerprint density at radius 1 is 1.83 bits per heavy atom. The van der Waals surface area contributed by atoms with Gasteiger partial charge in [-0.1, -0.05) is 5.21 Å². The second kappa shape index (κ2) is 3.70. The molecular formula is C6H11N5O. The summed E-state index contributed by atoms with van der Waals surface area (Å²) in [6, 6.07) is 0. The molecule has 0 radical (unpaired) electrons. The Labute approximate surface area is 69.7 Å². The fraction of sp³-hybridized carbons (Fsp3) is 0.500. The first-order valence-corrected chi connectivity index (χ1v) is 3.58. The molecule has 0 aliphatic rings. The highest BCUT2D eigenvalue weighted by Crippen LogP contribution is 1.93. The van der Waals surface area contributed by atoms with Crippen LogP contribution in [0.1, 0.15) is 6.42 Å². The quantitative estimate of drug-likeness (QED) is 0.607. The van der Waals surface area contributed by atoms with Crippen LogP contribution in [-0.2, 0) is 11.3 Å². The number of hydrogen-bond acceptors (Lipinski definition) is 4. The lowest BCUT2D eigenvalue weighted by Crippen LogP contribution is -2.19. The van der Waals surface area contributed by atoms with Gasteiger partial charge in [0.2, 0.25) is 5.91 Å². The molecule has 1 aromatic rings. The standard InChI is InChI=1S/C6H11N5O/c1-8-6(12)2-3-11-4-5(7)9-10-11/h4H,2-3,7H2,1H3,(H,8,12). The smallest absolute Gasteiger partial charge is 0.221 e. The molecule has 0 aromatic carbocycles. The van der Waals surface area contributed by atoms with E-state index in [1.54, 1.807) is 13.2 Å². The second-order valence-corrected chi connectivity index (χ2v) is 2.33. The van der Waals surface area contributed by atoms with Crippen molar-refractivity contribution >= 4 is 11.7 Å². The summed E-state index contributed by atoms with van der Waals surface area (Å²) in [6.45, 7) is 0.504. The number of nitrogens with one attached hydrogen (secondary N) is 1. The van der Waals surface area contributed by atoms with Crippen molar-refractivity contribution in [2.75, 3.05) is 12.8 Å². The van der Waals surface area contributed by atoms with Crippen LogP contribution in [-0.4, -0.2) is 27.9 Å². The van der Waals surface area contributed by atoms with Crippen molar-refractivity contribution in [3.63, 3.8) is 0 Å². The lowest BCUT2D eigenvalue weighted by molar-refractivity contribution is -0.120. The molecule has 6 nitrogen and oxygen atoms in total. The number of aryl methyl sites for hydroxylation is 1. The van der Waals surface area contributed by atoms with Crippen LogP contribution in [0.15, 0.2) is 6.20 Å². The van der Waals surface area contributed by atoms with Gasteiger partial charge in [-0.25, -0.2) is 4.68 Å². The molecule has 0 aliphatic heterocycles. The van der Waals surface area contributed by atoms with Crippen LogP contribution in [0.2, 0.25) is 0 Å². The number of nitrogens with zero attached hydrogens (tertiary/aromatic N) is 3. The van der Waals surface area contributed by atoms with Gasteiger partial charge in [-0.15, -0.1) is 5.10 Å².